The molecule has 0 aliphatic heterocycles. The second kappa shape index (κ2) is 6.67. The van der Waals surface area contributed by atoms with Crippen molar-refractivity contribution >= 4 is 21.4 Å². The van der Waals surface area contributed by atoms with E-state index in [2.05, 4.69) is 0 Å². The molecule has 86 valence electrons. The van der Waals surface area contributed by atoms with Gasteiger partial charge in [-0.3, -0.25) is 0 Å². The van der Waals surface area contributed by atoms with Crippen molar-refractivity contribution in [2.45, 2.75) is 45.3 Å². The zero-order valence-electron chi connectivity index (χ0n) is 9.29. The molecule has 14 heavy (non-hydrogen) atoms. The van der Waals surface area contributed by atoms with Gasteiger partial charge in [-0.15, -0.1) is 11.6 Å². The summed E-state index contributed by atoms with van der Waals surface area (Å²) in [4.78, 5) is 0. The van der Waals surface area contributed by atoms with Gasteiger partial charge in [0.2, 0.25) is 0 Å². The normalized spacial score (nSPS) is 14.6. The van der Waals surface area contributed by atoms with E-state index < -0.39 is 9.84 Å². The Morgan fingerprint density at radius 2 is 1.64 bits per heavy atom. The van der Waals surface area contributed by atoms with E-state index in [4.69, 9.17) is 11.6 Å². The monoisotopic (exact) mass is 240 g/mol. The molecular weight excluding hydrogens is 220 g/mol. The van der Waals surface area contributed by atoms with Crippen LogP contribution in [-0.4, -0.2) is 25.3 Å². The molecule has 4 heteroatoms. The summed E-state index contributed by atoms with van der Waals surface area (Å²) in [7, 11) is -2.88. The molecule has 0 saturated heterocycles. The highest BCUT2D eigenvalue weighted by Crippen LogP contribution is 2.14. The summed E-state index contributed by atoms with van der Waals surface area (Å²) >= 11 is 5.52. The van der Waals surface area contributed by atoms with Crippen molar-refractivity contribution in [2.24, 2.45) is 5.92 Å². The average molecular weight is 241 g/mol. The minimum atomic E-state index is -2.88. The van der Waals surface area contributed by atoms with E-state index in [9.17, 15) is 8.42 Å². The first-order chi connectivity index (χ1) is 6.41. The molecule has 0 aliphatic carbocycles. The molecule has 0 bridgehead atoms. The number of unbranched alkanes of at least 4 members (excludes halogenated alkanes) is 2. The van der Waals surface area contributed by atoms with Crippen LogP contribution in [0.5, 0.6) is 0 Å². The van der Waals surface area contributed by atoms with Crippen LogP contribution in [0, 0.1) is 5.92 Å². The average Bonchev–Trinajstić information content (AvgIpc) is 2.11. The Morgan fingerprint density at radius 3 is 2.07 bits per heavy atom. The van der Waals surface area contributed by atoms with Crippen molar-refractivity contribution in [3.63, 3.8) is 0 Å². The topological polar surface area (TPSA) is 34.1 Å². The minimum Gasteiger partial charge on any atom is -0.229 e. The minimum absolute atomic E-state index is 0.202. The summed E-state index contributed by atoms with van der Waals surface area (Å²) in [5.74, 6) is 1.14. The highest BCUT2D eigenvalue weighted by molar-refractivity contribution is 7.92. The maximum Gasteiger partial charge on any atom is 0.153 e. The van der Waals surface area contributed by atoms with E-state index in [0.717, 1.165) is 19.3 Å². The van der Waals surface area contributed by atoms with Gasteiger partial charge in [0.05, 0.1) is 11.0 Å². The van der Waals surface area contributed by atoms with Crippen LogP contribution in [0.15, 0.2) is 0 Å². The van der Waals surface area contributed by atoms with Crippen molar-refractivity contribution in [1.82, 2.24) is 0 Å². The fraction of sp³-hybridized carbons (Fsp3) is 1.00. The summed E-state index contributed by atoms with van der Waals surface area (Å²) in [6.45, 7) is 5.68. The van der Waals surface area contributed by atoms with E-state index in [1.807, 2.05) is 13.8 Å². The molecule has 0 heterocycles. The zero-order valence-corrected chi connectivity index (χ0v) is 10.9. The Bertz CT molecular complexity index is 235. The first-order valence-electron chi connectivity index (χ1n) is 5.19. The van der Waals surface area contributed by atoms with Gasteiger partial charge >= 0.3 is 0 Å². The Morgan fingerprint density at radius 1 is 1.07 bits per heavy atom. The van der Waals surface area contributed by atoms with Gasteiger partial charge in [0.15, 0.2) is 9.84 Å². The van der Waals surface area contributed by atoms with Crippen molar-refractivity contribution in [1.29, 1.82) is 0 Å². The SMILES string of the molecule is CC(C)C(C)S(=O)(=O)CCCCCCl. The molecule has 0 fully saturated rings. The van der Waals surface area contributed by atoms with Gasteiger partial charge in [-0.05, 0) is 25.7 Å². The van der Waals surface area contributed by atoms with Gasteiger partial charge in [-0.2, -0.15) is 0 Å². The van der Waals surface area contributed by atoms with Crippen LogP contribution < -0.4 is 0 Å². The molecule has 1 atom stereocenters. The molecule has 0 N–H and O–H groups in total. The second-order valence-corrected chi connectivity index (χ2v) is 6.92. The zero-order chi connectivity index (χ0) is 11.2. The molecule has 0 radical (unpaired) electrons. The standard InChI is InChI=1S/C10H21ClO2S/c1-9(2)10(3)14(12,13)8-6-4-5-7-11/h9-10H,4-8H2,1-3H3. The van der Waals surface area contributed by atoms with E-state index in [-0.39, 0.29) is 11.2 Å². The quantitative estimate of drug-likeness (QED) is 0.507. The van der Waals surface area contributed by atoms with Crippen LogP contribution in [0.1, 0.15) is 40.0 Å². The van der Waals surface area contributed by atoms with Gasteiger partial charge in [0.1, 0.15) is 0 Å². The van der Waals surface area contributed by atoms with Gasteiger partial charge in [-0.25, -0.2) is 8.42 Å². The predicted octanol–water partition coefficient (Wildman–Crippen LogP) is 2.85. The highest BCUT2D eigenvalue weighted by Gasteiger charge is 2.22. The van der Waals surface area contributed by atoms with Gasteiger partial charge in [0, 0.05) is 5.88 Å². The lowest BCUT2D eigenvalue weighted by atomic mass is 10.2. The van der Waals surface area contributed by atoms with Crippen LogP contribution in [0.2, 0.25) is 0 Å². The van der Waals surface area contributed by atoms with Crippen LogP contribution >= 0.6 is 11.6 Å². The fourth-order valence-corrected chi connectivity index (χ4v) is 3.17. The number of rotatable bonds is 7. The largest absolute Gasteiger partial charge is 0.229 e. The van der Waals surface area contributed by atoms with Crippen LogP contribution in [0.4, 0.5) is 0 Å². The molecule has 0 spiro atoms. The lowest BCUT2D eigenvalue weighted by Crippen LogP contribution is -2.25. The van der Waals surface area contributed by atoms with E-state index in [1.54, 1.807) is 6.92 Å². The Hall–Kier alpha value is 0.240. The van der Waals surface area contributed by atoms with Gasteiger partial charge in [-0.1, -0.05) is 20.3 Å². The second-order valence-electron chi connectivity index (χ2n) is 4.07. The molecule has 0 aromatic rings. The third kappa shape index (κ3) is 5.20. The van der Waals surface area contributed by atoms with Crippen molar-refractivity contribution in [2.75, 3.05) is 11.6 Å². The van der Waals surface area contributed by atoms with E-state index in [1.165, 1.54) is 0 Å². The molecular formula is C10H21ClO2S. The van der Waals surface area contributed by atoms with Gasteiger partial charge in [0.25, 0.3) is 0 Å². The third-order valence-electron chi connectivity index (χ3n) is 2.57. The molecule has 1 unspecified atom stereocenters. The number of hydrogen-bond donors (Lipinski definition) is 0. The summed E-state index contributed by atoms with van der Waals surface area (Å²) in [6, 6.07) is 0. The first kappa shape index (κ1) is 14.2. The molecule has 0 rings (SSSR count). The summed E-state index contributed by atoms with van der Waals surface area (Å²) in [6.07, 6.45) is 2.56. The van der Waals surface area contributed by atoms with E-state index in [0.29, 0.717) is 11.6 Å². The number of hydrogen-bond acceptors (Lipinski definition) is 2. The summed E-state index contributed by atoms with van der Waals surface area (Å²) < 4.78 is 23.4. The van der Waals surface area contributed by atoms with Crippen LogP contribution in [0.3, 0.4) is 0 Å². The van der Waals surface area contributed by atoms with Crippen LogP contribution in [-0.2, 0) is 9.84 Å². The predicted molar refractivity (Wildman–Crippen MR) is 62.7 cm³/mol. The van der Waals surface area contributed by atoms with Gasteiger partial charge < -0.3 is 0 Å². The third-order valence-corrected chi connectivity index (χ3v) is 5.37. The molecule has 0 aromatic heterocycles. The lowest BCUT2D eigenvalue weighted by Gasteiger charge is -2.15. The smallest absolute Gasteiger partial charge is 0.153 e. The van der Waals surface area contributed by atoms with Crippen LogP contribution in [0.25, 0.3) is 0 Å². The van der Waals surface area contributed by atoms with E-state index >= 15 is 0 Å². The lowest BCUT2D eigenvalue weighted by molar-refractivity contribution is 0.542. The Balaban J connectivity index is 3.96. The highest BCUT2D eigenvalue weighted by atomic mass is 35.5. The fourth-order valence-electron chi connectivity index (χ4n) is 1.18. The summed E-state index contributed by atoms with van der Waals surface area (Å²) in [5.41, 5.74) is 0. The molecule has 0 aromatic carbocycles. The number of sulfone groups is 1. The molecule has 2 nitrogen and oxygen atoms in total. The maximum atomic E-state index is 11.7. The molecule has 0 amide bonds. The summed E-state index contributed by atoms with van der Waals surface area (Å²) in [5, 5.41) is -0.224. The van der Waals surface area contributed by atoms with Crippen molar-refractivity contribution in [3.8, 4) is 0 Å². The van der Waals surface area contributed by atoms with Crippen molar-refractivity contribution in [3.05, 3.63) is 0 Å². The Labute approximate surface area is 93.0 Å². The molecule has 0 aliphatic rings. The maximum absolute atomic E-state index is 11.7. The first-order valence-corrected chi connectivity index (χ1v) is 7.44. The van der Waals surface area contributed by atoms with Crippen molar-refractivity contribution < 1.29 is 8.42 Å². The Kier molecular flexibility index (Phi) is 6.79. The number of alkyl halides is 1. The number of halogens is 1. The molecule has 0 saturated carbocycles.